The Morgan fingerprint density at radius 3 is 2.64 bits per heavy atom. The van der Waals surface area contributed by atoms with Crippen LogP contribution in [-0.4, -0.2) is 64.3 Å². The van der Waals surface area contributed by atoms with Crippen LogP contribution in [0.15, 0.2) is 0 Å². The minimum atomic E-state index is -1.02. The highest BCUT2D eigenvalue weighted by atomic mass is 35.5. The van der Waals surface area contributed by atoms with E-state index in [2.05, 4.69) is 0 Å². The first-order chi connectivity index (χ1) is 11.9. The zero-order valence-corrected chi connectivity index (χ0v) is 15.9. The van der Waals surface area contributed by atoms with Gasteiger partial charge in [0.05, 0.1) is 12.3 Å². The van der Waals surface area contributed by atoms with Crippen molar-refractivity contribution in [3.8, 4) is 0 Å². The molecule has 1 saturated heterocycles. The van der Waals surface area contributed by atoms with Crippen LogP contribution in [0.2, 0.25) is 0 Å². The maximum Gasteiger partial charge on any atom is 0.304 e. The Labute approximate surface area is 157 Å². The van der Waals surface area contributed by atoms with Gasteiger partial charge in [0, 0.05) is 18.2 Å². The van der Waals surface area contributed by atoms with Crippen LogP contribution in [0.3, 0.4) is 0 Å². The average Bonchev–Trinajstić information content (AvgIpc) is 2.57. The van der Waals surface area contributed by atoms with Gasteiger partial charge < -0.3 is 21.5 Å². The van der Waals surface area contributed by atoms with Crippen LogP contribution in [-0.2, 0) is 14.4 Å². The van der Waals surface area contributed by atoms with Crippen LogP contribution in [0, 0.1) is 11.8 Å². The van der Waals surface area contributed by atoms with Crippen LogP contribution in [0.25, 0.3) is 0 Å². The molecule has 0 radical (unpaired) electrons. The van der Waals surface area contributed by atoms with E-state index in [0.717, 1.165) is 25.0 Å². The molecule has 0 aromatic heterocycles. The number of amides is 2. The van der Waals surface area contributed by atoms with Crippen LogP contribution in [0.4, 0.5) is 0 Å². The van der Waals surface area contributed by atoms with Gasteiger partial charge in [-0.1, -0.05) is 0 Å². The third kappa shape index (κ3) is 7.42. The third-order valence-corrected chi connectivity index (χ3v) is 5.86. The number of primary amides is 1. The maximum atomic E-state index is 12.9. The second-order valence-electron chi connectivity index (χ2n) is 6.33. The molecule has 9 heteroatoms. The van der Waals surface area contributed by atoms with Crippen molar-refractivity contribution < 1.29 is 19.5 Å². The Morgan fingerprint density at radius 1 is 1.36 bits per heavy atom. The van der Waals surface area contributed by atoms with Crippen LogP contribution < -0.4 is 11.5 Å². The van der Waals surface area contributed by atoms with Gasteiger partial charge in [-0.2, -0.15) is 11.8 Å². The number of piperidine rings is 1. The van der Waals surface area contributed by atoms with Crippen molar-refractivity contribution in [1.29, 1.82) is 0 Å². The molecule has 5 N–H and O–H groups in total. The summed E-state index contributed by atoms with van der Waals surface area (Å²) in [6.45, 7) is 0.972. The standard InChI is InChI=1S/C16H28ClN3O4S/c17-4-2-11-3-6-20(13(8-11)15(19)23)16(24)12(9-14(21)22)10-25-7-1-5-18/h11-13H,1-10,18H2,(H2,19,23)(H,21,22)/t11?,12-,13?/m0/s1. The Kier molecular flexibility index (Phi) is 10.2. The van der Waals surface area contributed by atoms with E-state index >= 15 is 0 Å². The first-order valence-electron chi connectivity index (χ1n) is 8.56. The molecule has 1 heterocycles. The summed E-state index contributed by atoms with van der Waals surface area (Å²) in [5, 5.41) is 9.11. The van der Waals surface area contributed by atoms with Crippen molar-refractivity contribution in [3.63, 3.8) is 0 Å². The predicted molar refractivity (Wildman–Crippen MR) is 99.5 cm³/mol. The molecular weight excluding hydrogens is 366 g/mol. The van der Waals surface area contributed by atoms with Crippen LogP contribution in [0.5, 0.6) is 0 Å². The summed E-state index contributed by atoms with van der Waals surface area (Å²) in [6.07, 6.45) is 2.59. The monoisotopic (exact) mass is 393 g/mol. The molecule has 3 atom stereocenters. The lowest BCUT2D eigenvalue weighted by atomic mass is 9.87. The molecule has 0 saturated carbocycles. The molecule has 2 unspecified atom stereocenters. The van der Waals surface area contributed by atoms with Crippen molar-refractivity contribution in [3.05, 3.63) is 0 Å². The lowest BCUT2D eigenvalue weighted by molar-refractivity contribution is -0.148. The highest BCUT2D eigenvalue weighted by Crippen LogP contribution is 2.28. The molecule has 1 fully saturated rings. The van der Waals surface area contributed by atoms with Gasteiger partial charge in [0.15, 0.2) is 0 Å². The summed E-state index contributed by atoms with van der Waals surface area (Å²) < 4.78 is 0. The Balaban J connectivity index is 2.78. The van der Waals surface area contributed by atoms with Crippen molar-refractivity contribution in [1.82, 2.24) is 4.90 Å². The molecule has 144 valence electrons. The second-order valence-corrected chi connectivity index (χ2v) is 7.86. The molecule has 1 aliphatic rings. The quantitative estimate of drug-likeness (QED) is 0.353. The second kappa shape index (κ2) is 11.6. The summed E-state index contributed by atoms with van der Waals surface area (Å²) in [4.78, 5) is 37.3. The van der Waals surface area contributed by atoms with E-state index < -0.39 is 23.8 Å². The third-order valence-electron chi connectivity index (χ3n) is 4.42. The number of aliphatic carboxylic acids is 1. The summed E-state index contributed by atoms with van der Waals surface area (Å²) in [7, 11) is 0. The molecule has 7 nitrogen and oxygen atoms in total. The van der Waals surface area contributed by atoms with E-state index in [0.29, 0.717) is 31.1 Å². The van der Waals surface area contributed by atoms with Gasteiger partial charge in [0.1, 0.15) is 6.04 Å². The fraction of sp³-hybridized carbons (Fsp3) is 0.812. The highest BCUT2D eigenvalue weighted by molar-refractivity contribution is 7.99. The largest absolute Gasteiger partial charge is 0.481 e. The summed E-state index contributed by atoms with van der Waals surface area (Å²) in [5.41, 5.74) is 10.9. The first kappa shape index (κ1) is 22.1. The van der Waals surface area contributed by atoms with Crippen LogP contribution in [0.1, 0.15) is 32.1 Å². The van der Waals surface area contributed by atoms with Gasteiger partial charge in [-0.05, 0) is 43.9 Å². The van der Waals surface area contributed by atoms with Gasteiger partial charge in [-0.15, -0.1) is 11.6 Å². The number of carboxylic acid groups (broad SMARTS) is 1. The van der Waals surface area contributed by atoms with E-state index in [-0.39, 0.29) is 18.2 Å². The molecule has 0 aromatic rings. The fourth-order valence-corrected chi connectivity index (χ4v) is 4.45. The number of likely N-dealkylation sites (tertiary alicyclic amines) is 1. The van der Waals surface area contributed by atoms with Gasteiger partial charge in [-0.25, -0.2) is 0 Å². The minimum absolute atomic E-state index is 0.248. The van der Waals surface area contributed by atoms with E-state index in [4.69, 9.17) is 28.2 Å². The fourth-order valence-electron chi connectivity index (χ4n) is 3.06. The number of carbonyl (C=O) groups is 3. The highest BCUT2D eigenvalue weighted by Gasteiger charge is 2.37. The number of hydrogen-bond acceptors (Lipinski definition) is 5. The van der Waals surface area contributed by atoms with E-state index in [1.54, 1.807) is 0 Å². The van der Waals surface area contributed by atoms with E-state index in [1.165, 1.54) is 16.7 Å². The number of nitrogens with two attached hydrogens (primary N) is 2. The zero-order chi connectivity index (χ0) is 18.8. The molecule has 0 bridgehead atoms. The zero-order valence-electron chi connectivity index (χ0n) is 14.4. The molecule has 1 rings (SSSR count). The lowest BCUT2D eigenvalue weighted by Crippen LogP contribution is -2.54. The topological polar surface area (TPSA) is 127 Å². The number of halogens is 1. The smallest absolute Gasteiger partial charge is 0.304 e. The molecule has 0 spiro atoms. The molecule has 0 aromatic carbocycles. The molecule has 0 aliphatic carbocycles. The maximum absolute atomic E-state index is 12.9. The van der Waals surface area contributed by atoms with Gasteiger partial charge >= 0.3 is 5.97 Å². The number of nitrogens with zero attached hydrogens (tertiary/aromatic N) is 1. The first-order valence-corrected chi connectivity index (χ1v) is 10.2. The Morgan fingerprint density at radius 2 is 2.08 bits per heavy atom. The number of carboxylic acids is 1. The predicted octanol–water partition coefficient (Wildman–Crippen LogP) is 0.881. The van der Waals surface area contributed by atoms with Crippen molar-refractivity contribution in [2.24, 2.45) is 23.3 Å². The molecule has 1 aliphatic heterocycles. The molecular formula is C16H28ClN3O4S. The lowest BCUT2D eigenvalue weighted by Gasteiger charge is -2.39. The van der Waals surface area contributed by atoms with Gasteiger partial charge in [-0.3, -0.25) is 14.4 Å². The Hall–Kier alpha value is -0.990. The van der Waals surface area contributed by atoms with Crippen molar-refractivity contribution >= 4 is 41.1 Å². The van der Waals surface area contributed by atoms with Gasteiger partial charge in [0.25, 0.3) is 0 Å². The van der Waals surface area contributed by atoms with Crippen LogP contribution >= 0.6 is 23.4 Å². The normalized spacial score (nSPS) is 21.8. The van der Waals surface area contributed by atoms with E-state index in [9.17, 15) is 14.4 Å². The van der Waals surface area contributed by atoms with Crippen molar-refractivity contribution in [2.75, 3.05) is 30.5 Å². The molecule has 25 heavy (non-hydrogen) atoms. The SMILES string of the molecule is NCCCSC[C@H](CC(=O)O)C(=O)N1CCC(CCCl)CC1C(N)=O. The van der Waals surface area contributed by atoms with E-state index in [1.807, 2.05) is 0 Å². The average molecular weight is 394 g/mol. The summed E-state index contributed by atoms with van der Waals surface area (Å²) in [6, 6.07) is -0.681. The summed E-state index contributed by atoms with van der Waals surface area (Å²) >= 11 is 7.29. The minimum Gasteiger partial charge on any atom is -0.481 e. The number of rotatable bonds is 11. The number of alkyl halides is 1. The molecule has 2 amide bonds. The number of carbonyl (C=O) groups excluding carboxylic acids is 2. The number of thioether (sulfide) groups is 1. The summed E-state index contributed by atoms with van der Waals surface area (Å²) in [5.74, 6) is -0.583. The van der Waals surface area contributed by atoms with Gasteiger partial charge in [0.2, 0.25) is 11.8 Å². The van der Waals surface area contributed by atoms with Crippen molar-refractivity contribution in [2.45, 2.75) is 38.1 Å². The Bertz CT molecular complexity index is 467. The number of hydrogen-bond donors (Lipinski definition) is 3.